The Hall–Kier alpha value is -3.29. The maximum Gasteiger partial charge on any atom is 0.232 e. The number of aromatic nitrogens is 2. The van der Waals surface area contributed by atoms with E-state index in [1.807, 2.05) is 24.3 Å². The second-order valence-corrected chi connectivity index (χ2v) is 7.18. The molecule has 0 bridgehead atoms. The molecule has 1 atom stereocenters. The predicted octanol–water partition coefficient (Wildman–Crippen LogP) is 4.71. The van der Waals surface area contributed by atoms with Crippen LogP contribution in [0, 0.1) is 11.6 Å². The number of amides is 1. The summed E-state index contributed by atoms with van der Waals surface area (Å²) in [5.74, 6) is -0.622. The molecule has 0 aliphatic carbocycles. The van der Waals surface area contributed by atoms with Crippen LogP contribution in [0.15, 0.2) is 47.0 Å². The number of benzene rings is 2. The molecule has 4 rings (SSSR count). The van der Waals surface area contributed by atoms with E-state index in [4.69, 9.17) is 9.26 Å². The summed E-state index contributed by atoms with van der Waals surface area (Å²) in [6.07, 6.45) is 2.18. The van der Waals surface area contributed by atoms with E-state index in [0.29, 0.717) is 18.3 Å². The molecule has 2 heterocycles. The topological polar surface area (TPSA) is 68.5 Å². The number of halogens is 2. The third-order valence-electron chi connectivity index (χ3n) is 5.00. The molecule has 156 valence electrons. The molecule has 0 spiro atoms. The van der Waals surface area contributed by atoms with Crippen molar-refractivity contribution in [1.82, 2.24) is 10.1 Å². The lowest BCUT2D eigenvalue weighted by Crippen LogP contribution is -2.25. The summed E-state index contributed by atoms with van der Waals surface area (Å²) in [6, 6.07) is 10.5. The molecule has 1 saturated heterocycles. The van der Waals surface area contributed by atoms with Crippen molar-refractivity contribution < 1.29 is 22.8 Å². The first-order valence-corrected chi connectivity index (χ1v) is 9.87. The van der Waals surface area contributed by atoms with E-state index in [1.54, 1.807) is 0 Å². The van der Waals surface area contributed by atoms with Crippen molar-refractivity contribution in [2.45, 2.75) is 32.1 Å². The third-order valence-corrected chi connectivity index (χ3v) is 5.00. The number of hydrogen-bond acceptors (Lipinski definition) is 5. The highest BCUT2D eigenvalue weighted by molar-refractivity contribution is 5.96. The molecule has 1 aliphatic rings. The Bertz CT molecular complexity index is 1040. The summed E-state index contributed by atoms with van der Waals surface area (Å²) in [4.78, 5) is 18.1. The highest BCUT2D eigenvalue weighted by atomic mass is 19.1. The van der Waals surface area contributed by atoms with Crippen LogP contribution in [0.5, 0.6) is 5.75 Å². The molecule has 6 nitrogen and oxygen atoms in total. The van der Waals surface area contributed by atoms with Gasteiger partial charge in [0.25, 0.3) is 0 Å². The molecule has 1 aliphatic heterocycles. The molecule has 2 aromatic carbocycles. The van der Waals surface area contributed by atoms with Gasteiger partial charge < -0.3 is 14.2 Å². The van der Waals surface area contributed by atoms with Gasteiger partial charge >= 0.3 is 0 Å². The molecule has 0 radical (unpaired) electrons. The van der Waals surface area contributed by atoms with Gasteiger partial charge in [0, 0.05) is 24.6 Å². The lowest BCUT2D eigenvalue weighted by Gasteiger charge is -2.16. The summed E-state index contributed by atoms with van der Waals surface area (Å²) in [5.41, 5.74) is 0.806. The number of rotatable bonds is 7. The quantitative estimate of drug-likeness (QED) is 0.525. The van der Waals surface area contributed by atoms with Crippen molar-refractivity contribution in [2.24, 2.45) is 0 Å². The molecule has 1 aromatic heterocycles. The lowest BCUT2D eigenvalue weighted by atomic mass is 10.1. The first-order valence-electron chi connectivity index (χ1n) is 9.87. The second-order valence-electron chi connectivity index (χ2n) is 7.18. The minimum absolute atomic E-state index is 0.0438. The Balaban J connectivity index is 1.46. The zero-order chi connectivity index (χ0) is 21.1. The van der Waals surface area contributed by atoms with Crippen molar-refractivity contribution >= 4 is 11.6 Å². The van der Waals surface area contributed by atoms with Crippen LogP contribution in [0.1, 0.15) is 38.0 Å². The molecule has 30 heavy (non-hydrogen) atoms. The summed E-state index contributed by atoms with van der Waals surface area (Å²) in [6.45, 7) is 2.96. The Morgan fingerprint density at radius 1 is 1.20 bits per heavy atom. The molecule has 1 amide bonds. The predicted molar refractivity (Wildman–Crippen MR) is 106 cm³/mol. The van der Waals surface area contributed by atoms with E-state index >= 15 is 0 Å². The Morgan fingerprint density at radius 2 is 2.00 bits per heavy atom. The molecule has 8 heteroatoms. The average Bonchev–Trinajstić information content (AvgIpc) is 3.36. The monoisotopic (exact) mass is 413 g/mol. The molecule has 1 fully saturated rings. The minimum atomic E-state index is -0.781. The maximum absolute atomic E-state index is 14.1. The molecule has 1 unspecified atom stereocenters. The summed E-state index contributed by atoms with van der Waals surface area (Å²) in [7, 11) is 0. The van der Waals surface area contributed by atoms with E-state index < -0.39 is 11.6 Å². The average molecular weight is 413 g/mol. The van der Waals surface area contributed by atoms with Crippen LogP contribution in [-0.2, 0) is 4.79 Å². The molecule has 0 N–H and O–H groups in total. The SMILES string of the molecule is CCCCOc1ccc(-c2noc(C3CC(=O)N(c4ccc(F)cc4F)C3)n2)cc1. The summed E-state index contributed by atoms with van der Waals surface area (Å²) in [5, 5.41) is 4.01. The van der Waals surface area contributed by atoms with Crippen molar-refractivity contribution in [2.75, 3.05) is 18.1 Å². The van der Waals surface area contributed by atoms with E-state index in [0.717, 1.165) is 36.3 Å². The second kappa shape index (κ2) is 8.61. The lowest BCUT2D eigenvalue weighted by molar-refractivity contribution is -0.117. The van der Waals surface area contributed by atoms with Gasteiger partial charge in [0.15, 0.2) is 0 Å². The van der Waals surface area contributed by atoms with Gasteiger partial charge in [-0.3, -0.25) is 4.79 Å². The molecular weight excluding hydrogens is 392 g/mol. The van der Waals surface area contributed by atoms with Gasteiger partial charge in [0.2, 0.25) is 17.6 Å². The van der Waals surface area contributed by atoms with Gasteiger partial charge in [0.05, 0.1) is 18.2 Å². The van der Waals surface area contributed by atoms with Crippen LogP contribution in [0.4, 0.5) is 14.5 Å². The first kappa shape index (κ1) is 20.0. The van der Waals surface area contributed by atoms with Crippen LogP contribution in [0.3, 0.4) is 0 Å². The highest BCUT2D eigenvalue weighted by Crippen LogP contribution is 2.33. The molecule has 0 saturated carbocycles. The Kier molecular flexibility index (Phi) is 5.74. The van der Waals surface area contributed by atoms with Crippen LogP contribution < -0.4 is 9.64 Å². The minimum Gasteiger partial charge on any atom is -0.494 e. The van der Waals surface area contributed by atoms with Crippen molar-refractivity contribution in [3.05, 3.63) is 60.0 Å². The fraction of sp³-hybridized carbons (Fsp3) is 0.318. The normalized spacial score (nSPS) is 16.3. The van der Waals surface area contributed by atoms with Gasteiger partial charge in [-0.2, -0.15) is 4.98 Å². The molecular formula is C22H21F2N3O3. The number of carbonyl (C=O) groups is 1. The highest BCUT2D eigenvalue weighted by Gasteiger charge is 2.36. The van der Waals surface area contributed by atoms with E-state index in [1.165, 1.54) is 11.0 Å². The number of hydrogen-bond donors (Lipinski definition) is 0. The first-order chi connectivity index (χ1) is 14.5. The van der Waals surface area contributed by atoms with Crippen molar-refractivity contribution in [3.8, 4) is 17.1 Å². The number of unbranched alkanes of at least 4 members (excludes halogenated alkanes) is 1. The number of anilines is 1. The van der Waals surface area contributed by atoms with Crippen LogP contribution >= 0.6 is 0 Å². The van der Waals surface area contributed by atoms with Gasteiger partial charge in [-0.15, -0.1) is 0 Å². The summed E-state index contributed by atoms with van der Waals surface area (Å²) < 4.78 is 38.2. The number of carbonyl (C=O) groups excluding carboxylic acids is 1. The fourth-order valence-corrected chi connectivity index (χ4v) is 3.36. The number of nitrogens with zero attached hydrogens (tertiary/aromatic N) is 3. The van der Waals surface area contributed by atoms with Gasteiger partial charge in [0.1, 0.15) is 17.4 Å². The maximum atomic E-state index is 14.1. The van der Waals surface area contributed by atoms with Crippen LogP contribution in [0.25, 0.3) is 11.4 Å². The smallest absolute Gasteiger partial charge is 0.232 e. The Morgan fingerprint density at radius 3 is 2.73 bits per heavy atom. The third kappa shape index (κ3) is 4.17. The van der Waals surface area contributed by atoms with Gasteiger partial charge in [-0.1, -0.05) is 18.5 Å². The van der Waals surface area contributed by atoms with Crippen molar-refractivity contribution in [1.29, 1.82) is 0 Å². The van der Waals surface area contributed by atoms with Crippen LogP contribution in [0.2, 0.25) is 0 Å². The Labute approximate surface area is 172 Å². The zero-order valence-electron chi connectivity index (χ0n) is 16.5. The van der Waals surface area contributed by atoms with E-state index in [-0.39, 0.29) is 30.5 Å². The van der Waals surface area contributed by atoms with Crippen molar-refractivity contribution in [3.63, 3.8) is 0 Å². The zero-order valence-corrected chi connectivity index (χ0v) is 16.5. The van der Waals surface area contributed by atoms with Gasteiger partial charge in [-0.05, 0) is 42.8 Å². The summed E-state index contributed by atoms with van der Waals surface area (Å²) >= 11 is 0. The van der Waals surface area contributed by atoms with Gasteiger partial charge in [-0.25, -0.2) is 8.78 Å². The standard InChI is InChI=1S/C22H21F2N3O3/c1-2-3-10-29-17-7-4-14(5-8-17)21-25-22(30-26-21)15-11-20(28)27(13-15)19-9-6-16(23)12-18(19)24/h4-9,12,15H,2-3,10-11,13H2,1H3. The van der Waals surface area contributed by atoms with E-state index in [9.17, 15) is 13.6 Å². The van der Waals surface area contributed by atoms with E-state index in [2.05, 4.69) is 17.1 Å². The molecule has 3 aromatic rings. The van der Waals surface area contributed by atoms with Crippen LogP contribution in [-0.4, -0.2) is 29.2 Å². The largest absolute Gasteiger partial charge is 0.494 e. The number of ether oxygens (including phenoxy) is 1. The fourth-order valence-electron chi connectivity index (χ4n) is 3.36.